The van der Waals surface area contributed by atoms with Gasteiger partial charge in [-0.05, 0) is 27.2 Å². The zero-order chi connectivity index (χ0) is 15.3. The normalized spacial score (nSPS) is 10.8. The zero-order valence-corrected chi connectivity index (χ0v) is 13.6. The maximum Gasteiger partial charge on any atom is 0.239 e. The summed E-state index contributed by atoms with van der Waals surface area (Å²) < 4.78 is 0. The van der Waals surface area contributed by atoms with Crippen molar-refractivity contribution in [1.82, 2.24) is 15.3 Å². The van der Waals surface area contributed by atoms with Crippen LogP contribution in [0.25, 0.3) is 0 Å². The van der Waals surface area contributed by atoms with Crippen molar-refractivity contribution < 1.29 is 4.79 Å². The molecule has 0 aliphatic rings. The number of amides is 1. The monoisotopic (exact) mass is 298 g/mol. The Bertz CT molecular complexity index is 476. The summed E-state index contributed by atoms with van der Waals surface area (Å²) in [5, 5.41) is 3.31. The molecule has 0 bridgehead atoms. The lowest BCUT2D eigenvalue weighted by molar-refractivity contribution is -0.120. The summed E-state index contributed by atoms with van der Waals surface area (Å²) in [5.41, 5.74) is 0.798. The van der Waals surface area contributed by atoms with Gasteiger partial charge in [-0.3, -0.25) is 4.79 Å². The van der Waals surface area contributed by atoms with Crippen molar-refractivity contribution >= 4 is 23.3 Å². The molecule has 1 N–H and O–H groups in total. The minimum absolute atomic E-state index is 0.0336. The molecule has 112 valence electrons. The van der Waals surface area contributed by atoms with Gasteiger partial charge in [0, 0.05) is 25.1 Å². The molecule has 0 fully saturated rings. The summed E-state index contributed by atoms with van der Waals surface area (Å²) in [6, 6.07) is 0.127. The maximum absolute atomic E-state index is 11.8. The molecule has 0 spiro atoms. The Kier molecular flexibility index (Phi) is 6.20. The van der Waals surface area contributed by atoms with Gasteiger partial charge in [-0.2, -0.15) is 0 Å². The Labute approximate surface area is 125 Å². The molecular formula is C14H23ClN4O. The Morgan fingerprint density at radius 3 is 2.60 bits per heavy atom. The molecule has 6 heteroatoms. The highest BCUT2D eigenvalue weighted by atomic mass is 35.5. The van der Waals surface area contributed by atoms with E-state index in [0.29, 0.717) is 16.8 Å². The number of aromatic nitrogens is 2. The fourth-order valence-electron chi connectivity index (χ4n) is 1.89. The molecule has 0 aromatic carbocycles. The highest BCUT2D eigenvalue weighted by Crippen LogP contribution is 2.22. The molecule has 1 heterocycles. The van der Waals surface area contributed by atoms with E-state index in [-0.39, 0.29) is 18.5 Å². The molecule has 20 heavy (non-hydrogen) atoms. The number of likely N-dealkylation sites (N-methyl/N-ethyl adjacent to an activating group) is 1. The van der Waals surface area contributed by atoms with Crippen LogP contribution in [0.3, 0.4) is 0 Å². The molecule has 0 saturated carbocycles. The second-order valence-electron chi connectivity index (χ2n) is 5.21. The van der Waals surface area contributed by atoms with Gasteiger partial charge in [0.15, 0.2) is 0 Å². The van der Waals surface area contributed by atoms with Crippen molar-refractivity contribution in [3.8, 4) is 0 Å². The second kappa shape index (κ2) is 7.43. The van der Waals surface area contributed by atoms with E-state index in [2.05, 4.69) is 22.2 Å². The number of aryl methyl sites for hydroxylation is 1. The van der Waals surface area contributed by atoms with E-state index in [1.807, 2.05) is 27.8 Å². The SMILES string of the molecule is CCCc1nc(Cl)c(C)c(N(C)CC(=O)NC(C)C)n1. The van der Waals surface area contributed by atoms with Crippen LogP contribution in [0.5, 0.6) is 0 Å². The van der Waals surface area contributed by atoms with Gasteiger partial charge in [0.25, 0.3) is 0 Å². The zero-order valence-electron chi connectivity index (χ0n) is 12.8. The van der Waals surface area contributed by atoms with Crippen LogP contribution in [0, 0.1) is 6.92 Å². The molecule has 5 nitrogen and oxygen atoms in total. The van der Waals surface area contributed by atoms with Crippen molar-refractivity contribution in [3.63, 3.8) is 0 Å². The number of carbonyl (C=O) groups excluding carboxylic acids is 1. The number of anilines is 1. The average molecular weight is 299 g/mol. The van der Waals surface area contributed by atoms with Crippen molar-refractivity contribution in [3.05, 3.63) is 16.5 Å². The first-order chi connectivity index (χ1) is 9.35. The standard InChI is InChI=1S/C14H23ClN4O/c1-6-7-11-17-13(15)10(4)14(18-11)19(5)8-12(20)16-9(2)3/h9H,6-8H2,1-5H3,(H,16,20). The Morgan fingerprint density at radius 2 is 2.05 bits per heavy atom. The minimum atomic E-state index is -0.0336. The molecule has 1 aromatic heterocycles. The lowest BCUT2D eigenvalue weighted by Crippen LogP contribution is -2.39. The first kappa shape index (κ1) is 16.7. The lowest BCUT2D eigenvalue weighted by atomic mass is 10.2. The summed E-state index contributed by atoms with van der Waals surface area (Å²) >= 11 is 6.14. The third-order valence-corrected chi connectivity index (χ3v) is 3.14. The van der Waals surface area contributed by atoms with Crippen LogP contribution in [0.2, 0.25) is 5.15 Å². The number of nitrogens with one attached hydrogen (secondary N) is 1. The minimum Gasteiger partial charge on any atom is -0.352 e. The molecule has 0 aliphatic heterocycles. The number of carbonyl (C=O) groups is 1. The summed E-state index contributed by atoms with van der Waals surface area (Å²) in [7, 11) is 1.83. The largest absolute Gasteiger partial charge is 0.352 e. The Balaban J connectivity index is 2.91. The van der Waals surface area contributed by atoms with Gasteiger partial charge in [0.1, 0.15) is 16.8 Å². The Morgan fingerprint density at radius 1 is 1.40 bits per heavy atom. The van der Waals surface area contributed by atoms with Gasteiger partial charge in [0.2, 0.25) is 5.91 Å². The van der Waals surface area contributed by atoms with Crippen LogP contribution in [0.4, 0.5) is 5.82 Å². The number of rotatable bonds is 6. The fraction of sp³-hybridized carbons (Fsp3) is 0.643. The summed E-state index contributed by atoms with van der Waals surface area (Å²) in [4.78, 5) is 22.4. The first-order valence-corrected chi connectivity index (χ1v) is 7.26. The molecule has 0 aliphatic carbocycles. The van der Waals surface area contributed by atoms with Crippen LogP contribution >= 0.6 is 11.6 Å². The highest BCUT2D eigenvalue weighted by molar-refractivity contribution is 6.30. The summed E-state index contributed by atoms with van der Waals surface area (Å²) in [6.07, 6.45) is 1.73. The number of hydrogen-bond donors (Lipinski definition) is 1. The van der Waals surface area contributed by atoms with E-state index in [1.165, 1.54) is 0 Å². The lowest BCUT2D eigenvalue weighted by Gasteiger charge is -2.21. The molecule has 1 amide bonds. The van der Waals surface area contributed by atoms with E-state index in [9.17, 15) is 4.79 Å². The van der Waals surface area contributed by atoms with Crippen LogP contribution in [0.1, 0.15) is 38.6 Å². The van der Waals surface area contributed by atoms with E-state index in [0.717, 1.165) is 18.4 Å². The summed E-state index contributed by atoms with van der Waals surface area (Å²) in [5.74, 6) is 1.40. The maximum atomic E-state index is 11.8. The van der Waals surface area contributed by atoms with E-state index < -0.39 is 0 Å². The van der Waals surface area contributed by atoms with E-state index in [1.54, 1.807) is 4.90 Å². The van der Waals surface area contributed by atoms with Crippen molar-refractivity contribution in [2.24, 2.45) is 0 Å². The van der Waals surface area contributed by atoms with Crippen LogP contribution in [0.15, 0.2) is 0 Å². The van der Waals surface area contributed by atoms with Gasteiger partial charge in [-0.25, -0.2) is 9.97 Å². The number of hydrogen-bond acceptors (Lipinski definition) is 4. The molecule has 0 unspecified atom stereocenters. The molecular weight excluding hydrogens is 276 g/mol. The molecule has 0 radical (unpaired) electrons. The quantitative estimate of drug-likeness (QED) is 0.819. The molecule has 1 aromatic rings. The molecule has 0 atom stereocenters. The molecule has 0 saturated heterocycles. The topological polar surface area (TPSA) is 58.1 Å². The van der Waals surface area contributed by atoms with Crippen LogP contribution in [-0.2, 0) is 11.2 Å². The third-order valence-electron chi connectivity index (χ3n) is 2.77. The Hall–Kier alpha value is -1.36. The second-order valence-corrected chi connectivity index (χ2v) is 5.57. The summed E-state index contributed by atoms with van der Waals surface area (Å²) in [6.45, 7) is 8.05. The van der Waals surface area contributed by atoms with Crippen molar-refractivity contribution in [1.29, 1.82) is 0 Å². The van der Waals surface area contributed by atoms with E-state index in [4.69, 9.17) is 11.6 Å². The first-order valence-electron chi connectivity index (χ1n) is 6.88. The van der Waals surface area contributed by atoms with Crippen LogP contribution in [-0.4, -0.2) is 35.5 Å². The van der Waals surface area contributed by atoms with Gasteiger partial charge >= 0.3 is 0 Å². The van der Waals surface area contributed by atoms with Crippen molar-refractivity contribution in [2.75, 3.05) is 18.5 Å². The number of halogens is 1. The van der Waals surface area contributed by atoms with Crippen LogP contribution < -0.4 is 10.2 Å². The fourth-order valence-corrected chi connectivity index (χ4v) is 2.07. The predicted molar refractivity (Wildman–Crippen MR) is 82.3 cm³/mol. The highest BCUT2D eigenvalue weighted by Gasteiger charge is 2.15. The van der Waals surface area contributed by atoms with Crippen molar-refractivity contribution in [2.45, 2.75) is 46.6 Å². The van der Waals surface area contributed by atoms with Gasteiger partial charge < -0.3 is 10.2 Å². The van der Waals surface area contributed by atoms with Gasteiger partial charge in [0.05, 0.1) is 6.54 Å². The third kappa shape index (κ3) is 4.63. The molecule has 1 rings (SSSR count). The average Bonchev–Trinajstić information content (AvgIpc) is 2.32. The van der Waals surface area contributed by atoms with E-state index >= 15 is 0 Å². The van der Waals surface area contributed by atoms with Gasteiger partial charge in [-0.1, -0.05) is 18.5 Å². The van der Waals surface area contributed by atoms with Gasteiger partial charge in [-0.15, -0.1) is 0 Å². The smallest absolute Gasteiger partial charge is 0.239 e. The predicted octanol–water partition coefficient (Wildman–Crippen LogP) is 2.35. The number of nitrogens with zero attached hydrogens (tertiary/aromatic N) is 3.